The van der Waals surface area contributed by atoms with Gasteiger partial charge in [0.05, 0.1) is 19.1 Å². The number of anilines is 1. The van der Waals surface area contributed by atoms with Crippen LogP contribution in [0.4, 0.5) is 5.69 Å². The third-order valence-electron chi connectivity index (χ3n) is 6.05. The number of nitrogens with zero attached hydrogens (tertiary/aromatic N) is 2. The van der Waals surface area contributed by atoms with E-state index < -0.39 is 34.1 Å². The van der Waals surface area contributed by atoms with Crippen LogP contribution in [0.25, 0.3) is 0 Å². The Morgan fingerprint density at radius 1 is 0.950 bits per heavy atom. The van der Waals surface area contributed by atoms with Gasteiger partial charge < -0.3 is 15.0 Å². The van der Waals surface area contributed by atoms with E-state index in [4.69, 9.17) is 4.74 Å². The minimum Gasteiger partial charge on any atom is -0.497 e. The van der Waals surface area contributed by atoms with E-state index in [9.17, 15) is 18.0 Å². The molecule has 3 aromatic carbocycles. The number of sulfonamides is 1. The Balaban J connectivity index is 2.06. The SMILES string of the molecule is COc1ccc(N(CC(=O)N(Cc2cccc(Br)c2)C(Cc2ccccc2)C(=O)NC(C)(C)C)S(C)(=O)=O)cc1. The zero-order valence-electron chi connectivity index (χ0n) is 23.4. The van der Waals surface area contributed by atoms with Gasteiger partial charge in [-0.15, -0.1) is 0 Å². The number of benzene rings is 3. The number of hydrogen-bond acceptors (Lipinski definition) is 5. The van der Waals surface area contributed by atoms with Crippen LogP contribution in [0, 0.1) is 0 Å². The van der Waals surface area contributed by atoms with E-state index in [1.807, 2.05) is 75.4 Å². The summed E-state index contributed by atoms with van der Waals surface area (Å²) in [5.74, 6) is -0.275. The van der Waals surface area contributed by atoms with Gasteiger partial charge in [-0.1, -0.05) is 58.4 Å². The number of nitrogens with one attached hydrogen (secondary N) is 1. The highest BCUT2D eigenvalue weighted by molar-refractivity contribution is 9.10. The van der Waals surface area contributed by atoms with Crippen molar-refractivity contribution in [3.63, 3.8) is 0 Å². The molecule has 40 heavy (non-hydrogen) atoms. The summed E-state index contributed by atoms with van der Waals surface area (Å²) in [7, 11) is -2.33. The summed E-state index contributed by atoms with van der Waals surface area (Å²) in [5.41, 5.74) is 1.44. The van der Waals surface area contributed by atoms with Crippen LogP contribution in [0.5, 0.6) is 5.75 Å². The Labute approximate surface area is 245 Å². The summed E-state index contributed by atoms with van der Waals surface area (Å²) in [4.78, 5) is 29.3. The van der Waals surface area contributed by atoms with Crippen molar-refractivity contribution in [2.75, 3.05) is 24.2 Å². The Bertz CT molecular complexity index is 1410. The van der Waals surface area contributed by atoms with Crippen LogP contribution in [-0.4, -0.2) is 56.6 Å². The number of amides is 2. The van der Waals surface area contributed by atoms with Crippen molar-refractivity contribution >= 4 is 43.5 Å². The lowest BCUT2D eigenvalue weighted by atomic mass is 10.0. The predicted octanol–water partition coefficient (Wildman–Crippen LogP) is 4.78. The van der Waals surface area contributed by atoms with Crippen molar-refractivity contribution in [1.29, 1.82) is 0 Å². The monoisotopic (exact) mass is 629 g/mol. The molecule has 8 nitrogen and oxygen atoms in total. The maximum Gasteiger partial charge on any atom is 0.244 e. The van der Waals surface area contributed by atoms with Gasteiger partial charge in [0.2, 0.25) is 21.8 Å². The fourth-order valence-corrected chi connectivity index (χ4v) is 5.50. The van der Waals surface area contributed by atoms with E-state index in [1.54, 1.807) is 24.3 Å². The first-order valence-electron chi connectivity index (χ1n) is 12.8. The smallest absolute Gasteiger partial charge is 0.244 e. The van der Waals surface area contributed by atoms with E-state index in [2.05, 4.69) is 21.2 Å². The summed E-state index contributed by atoms with van der Waals surface area (Å²) >= 11 is 3.48. The fraction of sp³-hybridized carbons (Fsp3) is 0.333. The Kier molecular flexibility index (Phi) is 10.4. The van der Waals surface area contributed by atoms with Gasteiger partial charge in [-0.3, -0.25) is 13.9 Å². The van der Waals surface area contributed by atoms with E-state index in [0.29, 0.717) is 11.4 Å². The molecule has 0 fully saturated rings. The Morgan fingerprint density at radius 2 is 1.57 bits per heavy atom. The van der Waals surface area contributed by atoms with E-state index in [-0.39, 0.29) is 18.9 Å². The van der Waals surface area contributed by atoms with Crippen LogP contribution < -0.4 is 14.4 Å². The zero-order valence-corrected chi connectivity index (χ0v) is 25.8. The van der Waals surface area contributed by atoms with E-state index >= 15 is 0 Å². The molecule has 3 aromatic rings. The van der Waals surface area contributed by atoms with Crippen LogP contribution in [0.2, 0.25) is 0 Å². The van der Waals surface area contributed by atoms with Crippen LogP contribution in [0.3, 0.4) is 0 Å². The number of hydrogen-bond donors (Lipinski definition) is 1. The molecule has 0 heterocycles. The Morgan fingerprint density at radius 3 is 2.12 bits per heavy atom. The summed E-state index contributed by atoms with van der Waals surface area (Å²) in [5, 5.41) is 3.01. The summed E-state index contributed by atoms with van der Waals surface area (Å²) in [6, 6.07) is 22.4. The zero-order chi connectivity index (χ0) is 29.5. The van der Waals surface area contributed by atoms with Gasteiger partial charge in [0, 0.05) is 23.0 Å². The average Bonchev–Trinajstić information content (AvgIpc) is 2.88. The van der Waals surface area contributed by atoms with Gasteiger partial charge in [-0.2, -0.15) is 0 Å². The van der Waals surface area contributed by atoms with Crippen LogP contribution in [0.1, 0.15) is 31.9 Å². The van der Waals surface area contributed by atoms with E-state index in [1.165, 1.54) is 12.0 Å². The fourth-order valence-electron chi connectivity index (χ4n) is 4.20. The number of ether oxygens (including phenoxy) is 1. The van der Waals surface area contributed by atoms with Crippen molar-refractivity contribution in [3.05, 3.63) is 94.5 Å². The molecule has 10 heteroatoms. The molecule has 1 atom stereocenters. The third-order valence-corrected chi connectivity index (χ3v) is 7.68. The number of carbonyl (C=O) groups is 2. The summed E-state index contributed by atoms with van der Waals surface area (Å²) in [6.07, 6.45) is 1.31. The molecule has 0 bridgehead atoms. The second kappa shape index (κ2) is 13.3. The second-order valence-electron chi connectivity index (χ2n) is 10.6. The molecule has 0 aliphatic rings. The molecular formula is C30H36BrN3O5S. The topological polar surface area (TPSA) is 96.0 Å². The first-order valence-corrected chi connectivity index (χ1v) is 15.4. The molecule has 0 aliphatic carbocycles. The molecule has 0 spiro atoms. The first-order chi connectivity index (χ1) is 18.8. The normalized spacial score (nSPS) is 12.3. The first kappa shape index (κ1) is 31.2. The van der Waals surface area contributed by atoms with Crippen molar-refractivity contribution in [1.82, 2.24) is 10.2 Å². The lowest BCUT2D eigenvalue weighted by Crippen LogP contribution is -2.56. The minimum atomic E-state index is -3.84. The summed E-state index contributed by atoms with van der Waals surface area (Å²) in [6.45, 7) is 5.25. The van der Waals surface area contributed by atoms with Gasteiger partial charge in [0.15, 0.2) is 0 Å². The van der Waals surface area contributed by atoms with Gasteiger partial charge in [0.1, 0.15) is 18.3 Å². The van der Waals surface area contributed by atoms with E-state index in [0.717, 1.165) is 26.2 Å². The molecule has 0 saturated heterocycles. The summed E-state index contributed by atoms with van der Waals surface area (Å²) < 4.78 is 32.8. The third kappa shape index (κ3) is 9.09. The lowest BCUT2D eigenvalue weighted by Gasteiger charge is -2.35. The predicted molar refractivity (Wildman–Crippen MR) is 162 cm³/mol. The van der Waals surface area contributed by atoms with Gasteiger partial charge >= 0.3 is 0 Å². The van der Waals surface area contributed by atoms with Gasteiger partial charge in [-0.25, -0.2) is 8.42 Å². The molecule has 1 N–H and O–H groups in total. The van der Waals surface area contributed by atoms with Gasteiger partial charge in [-0.05, 0) is 68.3 Å². The number of carbonyl (C=O) groups excluding carboxylic acids is 2. The second-order valence-corrected chi connectivity index (χ2v) is 13.4. The standard InChI is InChI=1S/C30H36BrN3O5S/c1-30(2,3)32-29(36)27(19-22-10-7-6-8-11-22)33(20-23-12-9-13-24(31)18-23)28(35)21-34(40(5,37)38)25-14-16-26(39-4)17-15-25/h6-18,27H,19-21H2,1-5H3,(H,32,36). The quantitative estimate of drug-likeness (QED) is 0.329. The highest BCUT2D eigenvalue weighted by Crippen LogP contribution is 2.23. The van der Waals surface area contributed by atoms with Crippen molar-refractivity contribution in [2.24, 2.45) is 0 Å². The largest absolute Gasteiger partial charge is 0.497 e. The maximum atomic E-state index is 14.1. The molecule has 0 aromatic heterocycles. The molecule has 1 unspecified atom stereocenters. The number of methoxy groups -OCH3 is 1. The maximum absolute atomic E-state index is 14.1. The Hall–Kier alpha value is -3.37. The molecular weight excluding hydrogens is 594 g/mol. The van der Waals surface area contributed by atoms with Crippen LogP contribution >= 0.6 is 15.9 Å². The molecule has 214 valence electrons. The van der Waals surface area contributed by atoms with Crippen molar-refractivity contribution in [2.45, 2.75) is 45.3 Å². The average molecular weight is 631 g/mol. The van der Waals surface area contributed by atoms with Crippen molar-refractivity contribution in [3.8, 4) is 5.75 Å². The molecule has 2 amide bonds. The number of halogens is 1. The highest BCUT2D eigenvalue weighted by atomic mass is 79.9. The molecule has 0 saturated carbocycles. The highest BCUT2D eigenvalue weighted by Gasteiger charge is 2.34. The van der Waals surface area contributed by atoms with Crippen LogP contribution in [0.15, 0.2) is 83.3 Å². The van der Waals surface area contributed by atoms with Crippen LogP contribution in [-0.2, 0) is 32.6 Å². The molecule has 0 aliphatic heterocycles. The van der Waals surface area contributed by atoms with Gasteiger partial charge in [0.25, 0.3) is 0 Å². The minimum absolute atomic E-state index is 0.105. The molecule has 0 radical (unpaired) electrons. The van der Waals surface area contributed by atoms with Crippen molar-refractivity contribution < 1.29 is 22.7 Å². The number of rotatable bonds is 11. The lowest BCUT2D eigenvalue weighted by molar-refractivity contribution is -0.140. The molecule has 3 rings (SSSR count).